The molecule has 15 heteroatoms. The molecule has 2 fully saturated rings. The van der Waals surface area contributed by atoms with Crippen LogP contribution in [0.15, 0.2) is 12.1 Å². The van der Waals surface area contributed by atoms with E-state index in [1.807, 2.05) is 9.80 Å². The fourth-order valence-electron chi connectivity index (χ4n) is 8.12. The van der Waals surface area contributed by atoms with Crippen LogP contribution in [0.3, 0.4) is 0 Å². The van der Waals surface area contributed by atoms with Gasteiger partial charge in [-0.25, -0.2) is 0 Å². The summed E-state index contributed by atoms with van der Waals surface area (Å²) in [4.78, 5) is 31.7. The lowest BCUT2D eigenvalue weighted by atomic mass is 9.70. The third kappa shape index (κ3) is 6.07. The summed E-state index contributed by atoms with van der Waals surface area (Å²) in [6, 6.07) is 1.28. The fraction of sp³-hybridized carbons (Fsp3) is 0.611. The second-order valence-corrected chi connectivity index (χ2v) is 14.6. The Kier molecular flexibility index (Phi) is 9.93. The van der Waals surface area contributed by atoms with Gasteiger partial charge < -0.3 is 64.5 Å². The molecule has 0 radical (unpaired) electrons. The number of phenols is 4. The molecular weight excluding hydrogens is 668 g/mol. The molecule has 2 aromatic rings. The van der Waals surface area contributed by atoms with Gasteiger partial charge in [-0.15, -0.1) is 0 Å². The number of rotatable bonds is 7. The van der Waals surface area contributed by atoms with Crippen molar-refractivity contribution in [2.45, 2.75) is 113 Å². The molecule has 2 saturated heterocycles. The zero-order valence-electron chi connectivity index (χ0n) is 29.7. The number of likely N-dealkylation sites (N-methyl/N-ethyl adjacent to an activating group) is 2. The molecule has 2 heterocycles. The van der Waals surface area contributed by atoms with Crippen LogP contribution in [0.4, 0.5) is 0 Å². The number of hydrogen-bond acceptors (Lipinski definition) is 15. The topological polar surface area (TPSA) is 219 Å². The highest BCUT2D eigenvalue weighted by molar-refractivity contribution is 6.32. The number of aliphatic hydroxyl groups is 3. The predicted octanol–water partition coefficient (Wildman–Crippen LogP) is 1.80. The molecule has 0 saturated carbocycles. The third-order valence-electron chi connectivity index (χ3n) is 11.1. The number of ether oxygens (including phenoxy) is 4. The van der Waals surface area contributed by atoms with Crippen molar-refractivity contribution in [2.24, 2.45) is 0 Å². The Hall–Kier alpha value is -3.38. The minimum atomic E-state index is -1.83. The van der Waals surface area contributed by atoms with Crippen LogP contribution in [0.5, 0.6) is 23.0 Å². The Balaban J connectivity index is 1.53. The molecule has 0 amide bonds. The van der Waals surface area contributed by atoms with Crippen LogP contribution in [0.25, 0.3) is 0 Å². The maximum atomic E-state index is 14.0. The lowest BCUT2D eigenvalue weighted by Crippen LogP contribution is -2.55. The molecule has 0 unspecified atom stereocenters. The SMILES string of the molecule is CC[C@@]1(O)C[C@H](O[C@H]2C[C@H](N(C)C)[C@H](O)[C@@H](C)O2)c2c(O)c3c(c(O)c2[C@H]1O[C@H]1C[C@H](N(C)C)[C@H](O)[C@@H](C)O1)C(=O)c1c(O)ccc(O)c1C3=O. The summed E-state index contributed by atoms with van der Waals surface area (Å²) < 4.78 is 25.0. The average Bonchev–Trinajstić information content (AvgIpc) is 3.06. The van der Waals surface area contributed by atoms with Gasteiger partial charge in [0.15, 0.2) is 12.6 Å². The molecule has 0 spiro atoms. The molecular formula is C36H48N2O13. The number of ketones is 2. The molecule has 11 atom stereocenters. The fourth-order valence-corrected chi connectivity index (χ4v) is 8.12. The van der Waals surface area contributed by atoms with E-state index in [0.717, 1.165) is 12.1 Å². The standard InChI is InChI=1S/C36H48N2O13/c1-8-36(47)13-20(50-21-11-16(37(4)5)29(41)14(2)48-21)25-28(35(36)51-22-12-17(38(6)7)30(42)15(3)49-22)34(46)27-26(33(25)45)31(43)23-18(39)9-10-19(40)24(23)32(27)44/h9-10,14-17,20-22,29-30,35,39-42,45-47H,8,11-13H2,1-7H3/t14-,15-,16+,17+,20+,21+,22+,29-,30-,35-,36-/m1/s1. The molecule has 2 aliphatic heterocycles. The number of hydrogen-bond donors (Lipinski definition) is 7. The molecule has 0 bridgehead atoms. The van der Waals surface area contributed by atoms with E-state index in [2.05, 4.69) is 0 Å². The summed E-state index contributed by atoms with van der Waals surface area (Å²) in [6.07, 6.45) is -7.65. The van der Waals surface area contributed by atoms with E-state index >= 15 is 0 Å². The van der Waals surface area contributed by atoms with Crippen molar-refractivity contribution >= 4 is 11.6 Å². The summed E-state index contributed by atoms with van der Waals surface area (Å²) in [5, 5.41) is 79.4. The van der Waals surface area contributed by atoms with Crippen molar-refractivity contribution in [3.8, 4) is 23.0 Å². The normalized spacial score (nSPS) is 35.1. The van der Waals surface area contributed by atoms with E-state index in [1.54, 1.807) is 49.0 Å². The Morgan fingerprint density at radius 1 is 0.745 bits per heavy atom. The predicted molar refractivity (Wildman–Crippen MR) is 179 cm³/mol. The first-order valence-electron chi connectivity index (χ1n) is 17.2. The number of carbonyl (C=O) groups excluding carboxylic acids is 2. The van der Waals surface area contributed by atoms with Gasteiger partial charge in [0.25, 0.3) is 0 Å². The summed E-state index contributed by atoms with van der Waals surface area (Å²) >= 11 is 0. The number of aromatic hydroxyl groups is 4. The molecule has 6 rings (SSSR count). The van der Waals surface area contributed by atoms with Crippen LogP contribution < -0.4 is 0 Å². The minimum Gasteiger partial charge on any atom is -0.507 e. The maximum Gasteiger partial charge on any atom is 0.202 e. The number of fused-ring (bicyclic) bond motifs is 3. The largest absolute Gasteiger partial charge is 0.507 e. The number of nitrogens with zero attached hydrogens (tertiary/aromatic N) is 2. The summed E-state index contributed by atoms with van der Waals surface area (Å²) in [7, 11) is 7.19. The van der Waals surface area contributed by atoms with Gasteiger partial charge in [0.05, 0.1) is 58.4 Å². The lowest BCUT2D eigenvalue weighted by molar-refractivity contribution is -0.289. The van der Waals surface area contributed by atoms with Gasteiger partial charge in [-0.2, -0.15) is 0 Å². The van der Waals surface area contributed by atoms with Gasteiger partial charge in [0.2, 0.25) is 11.6 Å². The van der Waals surface area contributed by atoms with Crippen molar-refractivity contribution in [3.05, 3.63) is 45.5 Å². The number of phenolic OH excluding ortho intramolecular Hbond substituents is 4. The number of benzene rings is 2. The smallest absolute Gasteiger partial charge is 0.202 e. The zero-order valence-corrected chi connectivity index (χ0v) is 29.7. The molecule has 51 heavy (non-hydrogen) atoms. The third-order valence-corrected chi connectivity index (χ3v) is 11.1. The highest BCUT2D eigenvalue weighted by atomic mass is 16.7. The molecule has 4 aliphatic rings. The van der Waals surface area contributed by atoms with Crippen LogP contribution in [-0.4, -0.2) is 140 Å². The summed E-state index contributed by atoms with van der Waals surface area (Å²) in [6.45, 7) is 5.05. The monoisotopic (exact) mass is 716 g/mol. The Morgan fingerprint density at radius 2 is 1.18 bits per heavy atom. The van der Waals surface area contributed by atoms with Gasteiger partial charge in [-0.05, 0) is 60.6 Å². The maximum absolute atomic E-state index is 14.0. The van der Waals surface area contributed by atoms with Crippen LogP contribution >= 0.6 is 0 Å². The van der Waals surface area contributed by atoms with Crippen LogP contribution in [0.2, 0.25) is 0 Å². The van der Waals surface area contributed by atoms with Crippen molar-refractivity contribution in [2.75, 3.05) is 28.2 Å². The van der Waals surface area contributed by atoms with Crippen molar-refractivity contribution in [3.63, 3.8) is 0 Å². The zero-order chi connectivity index (χ0) is 37.4. The van der Waals surface area contributed by atoms with E-state index in [4.69, 9.17) is 18.9 Å². The molecule has 15 nitrogen and oxygen atoms in total. The Bertz CT molecular complexity index is 1710. The van der Waals surface area contributed by atoms with E-state index in [1.165, 1.54) is 0 Å². The van der Waals surface area contributed by atoms with Crippen LogP contribution in [0, 0.1) is 0 Å². The molecule has 0 aromatic heterocycles. The molecule has 2 aromatic carbocycles. The van der Waals surface area contributed by atoms with Gasteiger partial charge in [-0.1, -0.05) is 6.92 Å². The number of aliphatic hydroxyl groups excluding tert-OH is 2. The van der Waals surface area contributed by atoms with Crippen molar-refractivity contribution < 1.29 is 64.3 Å². The number of carbonyl (C=O) groups is 2. The Labute approximate surface area is 295 Å². The van der Waals surface area contributed by atoms with Gasteiger partial charge >= 0.3 is 0 Å². The highest BCUT2D eigenvalue weighted by Gasteiger charge is 2.54. The second kappa shape index (κ2) is 13.5. The van der Waals surface area contributed by atoms with Gasteiger partial charge in [-0.3, -0.25) is 9.59 Å². The van der Waals surface area contributed by atoms with E-state index in [-0.39, 0.29) is 42.9 Å². The quantitative estimate of drug-likeness (QED) is 0.173. The lowest BCUT2D eigenvalue weighted by Gasteiger charge is -2.48. The van der Waals surface area contributed by atoms with Gasteiger partial charge in [0.1, 0.15) is 29.1 Å². The van der Waals surface area contributed by atoms with Crippen LogP contribution in [0.1, 0.15) is 102 Å². The Morgan fingerprint density at radius 3 is 1.61 bits per heavy atom. The molecule has 280 valence electrons. The highest BCUT2D eigenvalue weighted by Crippen LogP contribution is 2.58. The minimum absolute atomic E-state index is 0.0294. The first-order valence-corrected chi connectivity index (χ1v) is 17.2. The van der Waals surface area contributed by atoms with Crippen LogP contribution in [-0.2, 0) is 18.9 Å². The summed E-state index contributed by atoms with van der Waals surface area (Å²) in [5.41, 5.74) is -4.56. The average molecular weight is 717 g/mol. The van der Waals surface area contributed by atoms with Gasteiger partial charge in [0, 0.05) is 42.5 Å². The summed E-state index contributed by atoms with van der Waals surface area (Å²) in [5.74, 6) is -4.84. The van der Waals surface area contributed by atoms with Crippen molar-refractivity contribution in [1.29, 1.82) is 0 Å². The molecule has 7 N–H and O–H groups in total. The first-order chi connectivity index (χ1) is 23.9. The van der Waals surface area contributed by atoms with E-state index in [0.29, 0.717) is 0 Å². The first kappa shape index (κ1) is 37.4. The molecule has 2 aliphatic carbocycles. The van der Waals surface area contributed by atoms with E-state index < -0.39 is 118 Å². The second-order valence-electron chi connectivity index (χ2n) is 14.6. The van der Waals surface area contributed by atoms with Crippen molar-refractivity contribution in [1.82, 2.24) is 9.80 Å². The van der Waals surface area contributed by atoms with E-state index in [9.17, 15) is 45.3 Å².